The molecule has 0 aliphatic carbocycles. The van der Waals surface area contributed by atoms with Crippen molar-refractivity contribution in [2.45, 2.75) is 27.3 Å². The fourth-order valence-corrected chi connectivity index (χ4v) is 2.00. The highest BCUT2D eigenvalue weighted by Crippen LogP contribution is 2.11. The lowest BCUT2D eigenvalue weighted by molar-refractivity contribution is 0.0945. The van der Waals surface area contributed by atoms with E-state index in [0.29, 0.717) is 12.2 Å². The van der Waals surface area contributed by atoms with Crippen molar-refractivity contribution in [3.8, 4) is 0 Å². The lowest BCUT2D eigenvalue weighted by Gasteiger charge is -2.04. The number of nitrogens with zero attached hydrogens (tertiary/aromatic N) is 4. The maximum Gasteiger partial charge on any atom is 0.272 e. The van der Waals surface area contributed by atoms with E-state index in [-0.39, 0.29) is 5.91 Å². The molecule has 2 rings (SSSR count). The minimum Gasteiger partial charge on any atom is -0.346 e. The number of carbonyl (C=O) groups excluding carboxylic acids is 1. The zero-order valence-corrected chi connectivity index (χ0v) is 12.0. The van der Waals surface area contributed by atoms with Gasteiger partial charge >= 0.3 is 0 Å². The number of hydrogen-bond acceptors (Lipinski definition) is 3. The van der Waals surface area contributed by atoms with Crippen LogP contribution in [0.25, 0.3) is 0 Å². The van der Waals surface area contributed by atoms with Crippen molar-refractivity contribution in [3.05, 3.63) is 34.4 Å². The Labute approximate surface area is 112 Å². The number of hydrogen-bond donors (Lipinski definition) is 1. The quantitative estimate of drug-likeness (QED) is 0.896. The predicted molar refractivity (Wildman–Crippen MR) is 71.8 cm³/mol. The zero-order valence-electron chi connectivity index (χ0n) is 12.0. The van der Waals surface area contributed by atoms with Gasteiger partial charge in [-0.3, -0.25) is 14.2 Å². The molecule has 0 saturated heterocycles. The molecule has 2 aromatic rings. The standard InChI is InChI=1S/C13H19N5O/c1-8-6-12(16-17(8)4)13(19)14-7-11-9(2)15-18(5)10(11)3/h6H,7H2,1-5H3,(H,14,19). The van der Waals surface area contributed by atoms with Crippen molar-refractivity contribution in [1.29, 1.82) is 0 Å². The van der Waals surface area contributed by atoms with Crippen LogP contribution in [0.15, 0.2) is 6.07 Å². The van der Waals surface area contributed by atoms with Crippen molar-refractivity contribution >= 4 is 5.91 Å². The Morgan fingerprint density at radius 1 is 1.21 bits per heavy atom. The molecule has 19 heavy (non-hydrogen) atoms. The Morgan fingerprint density at radius 2 is 1.89 bits per heavy atom. The summed E-state index contributed by atoms with van der Waals surface area (Å²) in [4.78, 5) is 12.0. The third-order valence-corrected chi connectivity index (χ3v) is 3.43. The molecule has 0 atom stereocenters. The SMILES string of the molecule is Cc1nn(C)c(C)c1CNC(=O)c1cc(C)n(C)n1. The third-order valence-electron chi connectivity index (χ3n) is 3.43. The molecule has 1 N–H and O–H groups in total. The van der Waals surface area contributed by atoms with E-state index in [9.17, 15) is 4.79 Å². The number of nitrogens with one attached hydrogen (secondary N) is 1. The van der Waals surface area contributed by atoms with Crippen molar-refractivity contribution < 1.29 is 4.79 Å². The Bertz CT molecular complexity index is 604. The molecule has 6 nitrogen and oxygen atoms in total. The number of rotatable bonds is 3. The Balaban J connectivity index is 2.08. The highest BCUT2D eigenvalue weighted by Gasteiger charge is 2.13. The van der Waals surface area contributed by atoms with E-state index in [2.05, 4.69) is 15.5 Å². The van der Waals surface area contributed by atoms with Crippen LogP contribution in [0, 0.1) is 20.8 Å². The van der Waals surface area contributed by atoms with Crippen LogP contribution in [-0.4, -0.2) is 25.5 Å². The minimum atomic E-state index is -0.161. The van der Waals surface area contributed by atoms with E-state index in [4.69, 9.17) is 0 Å². The molecule has 0 aliphatic heterocycles. The lowest BCUT2D eigenvalue weighted by atomic mass is 10.2. The summed E-state index contributed by atoms with van der Waals surface area (Å²) < 4.78 is 3.51. The second kappa shape index (κ2) is 4.87. The number of aromatic nitrogens is 4. The second-order valence-electron chi connectivity index (χ2n) is 4.75. The fourth-order valence-electron chi connectivity index (χ4n) is 2.00. The van der Waals surface area contributed by atoms with Crippen molar-refractivity contribution in [1.82, 2.24) is 24.9 Å². The molecule has 2 aromatic heterocycles. The summed E-state index contributed by atoms with van der Waals surface area (Å²) in [5.41, 5.74) is 4.47. The van der Waals surface area contributed by atoms with Gasteiger partial charge in [0, 0.05) is 37.6 Å². The molecule has 0 fully saturated rings. The first-order valence-corrected chi connectivity index (χ1v) is 6.18. The summed E-state index contributed by atoms with van der Waals surface area (Å²) in [6, 6.07) is 1.78. The maximum atomic E-state index is 12.0. The molecule has 6 heteroatoms. The average molecular weight is 261 g/mol. The van der Waals surface area contributed by atoms with Gasteiger partial charge in [-0.1, -0.05) is 0 Å². The lowest BCUT2D eigenvalue weighted by Crippen LogP contribution is -2.24. The number of amides is 1. The number of carbonyl (C=O) groups is 1. The van der Waals surface area contributed by atoms with E-state index < -0.39 is 0 Å². The maximum absolute atomic E-state index is 12.0. The molecule has 0 radical (unpaired) electrons. The summed E-state index contributed by atoms with van der Waals surface area (Å²) in [7, 11) is 3.72. The van der Waals surface area contributed by atoms with Crippen molar-refractivity contribution in [2.24, 2.45) is 14.1 Å². The fraction of sp³-hybridized carbons (Fsp3) is 0.462. The summed E-state index contributed by atoms with van der Waals surface area (Å²) >= 11 is 0. The summed E-state index contributed by atoms with van der Waals surface area (Å²) in [5.74, 6) is -0.161. The molecule has 0 unspecified atom stereocenters. The van der Waals surface area contributed by atoms with E-state index in [0.717, 1.165) is 22.6 Å². The third kappa shape index (κ3) is 2.52. The van der Waals surface area contributed by atoms with Gasteiger partial charge < -0.3 is 5.32 Å². The molecule has 1 amide bonds. The van der Waals surface area contributed by atoms with Crippen LogP contribution in [0.5, 0.6) is 0 Å². The topological polar surface area (TPSA) is 64.7 Å². The molecule has 2 heterocycles. The van der Waals surface area contributed by atoms with E-state index in [1.165, 1.54) is 0 Å². The van der Waals surface area contributed by atoms with Crippen LogP contribution >= 0.6 is 0 Å². The van der Waals surface area contributed by atoms with Gasteiger partial charge in [-0.2, -0.15) is 10.2 Å². The summed E-state index contributed by atoms with van der Waals surface area (Å²) in [6.45, 7) is 6.32. The van der Waals surface area contributed by atoms with Crippen LogP contribution in [-0.2, 0) is 20.6 Å². The first-order valence-electron chi connectivity index (χ1n) is 6.18. The minimum absolute atomic E-state index is 0.161. The summed E-state index contributed by atoms with van der Waals surface area (Å²) in [6.07, 6.45) is 0. The van der Waals surface area contributed by atoms with Crippen molar-refractivity contribution in [2.75, 3.05) is 0 Å². The van der Waals surface area contributed by atoms with Gasteiger partial charge in [-0.25, -0.2) is 0 Å². The monoisotopic (exact) mass is 261 g/mol. The first-order chi connectivity index (χ1) is 8.90. The van der Waals surface area contributed by atoms with Gasteiger partial charge in [-0.15, -0.1) is 0 Å². The van der Waals surface area contributed by atoms with Gasteiger partial charge in [0.25, 0.3) is 5.91 Å². The van der Waals surface area contributed by atoms with Gasteiger partial charge in [0.05, 0.1) is 5.69 Å². The zero-order chi connectivity index (χ0) is 14.2. The Morgan fingerprint density at radius 3 is 2.37 bits per heavy atom. The molecule has 102 valence electrons. The largest absolute Gasteiger partial charge is 0.346 e. The van der Waals surface area contributed by atoms with Crippen LogP contribution in [0.4, 0.5) is 0 Å². The molecule has 0 bridgehead atoms. The molecule has 0 saturated carbocycles. The molecular weight excluding hydrogens is 242 g/mol. The van der Waals surface area contributed by atoms with Crippen LogP contribution in [0.3, 0.4) is 0 Å². The average Bonchev–Trinajstić information content (AvgIpc) is 2.80. The Kier molecular flexibility index (Phi) is 3.42. The summed E-state index contributed by atoms with van der Waals surface area (Å²) in [5, 5.41) is 11.4. The predicted octanol–water partition coefficient (Wildman–Crippen LogP) is 1.01. The van der Waals surface area contributed by atoms with Crippen LogP contribution in [0.1, 0.15) is 33.1 Å². The van der Waals surface area contributed by atoms with E-state index in [1.54, 1.807) is 10.7 Å². The van der Waals surface area contributed by atoms with Gasteiger partial charge in [0.1, 0.15) is 5.69 Å². The van der Waals surface area contributed by atoms with Gasteiger partial charge in [0.15, 0.2) is 0 Å². The van der Waals surface area contributed by atoms with E-state index >= 15 is 0 Å². The van der Waals surface area contributed by atoms with Crippen molar-refractivity contribution in [3.63, 3.8) is 0 Å². The van der Waals surface area contributed by atoms with E-state index in [1.807, 2.05) is 39.5 Å². The number of aryl methyl sites for hydroxylation is 4. The normalized spacial score (nSPS) is 10.8. The van der Waals surface area contributed by atoms with Crippen LogP contribution < -0.4 is 5.32 Å². The first kappa shape index (κ1) is 13.3. The smallest absolute Gasteiger partial charge is 0.272 e. The van der Waals surface area contributed by atoms with Gasteiger partial charge in [0.2, 0.25) is 0 Å². The molecule has 0 spiro atoms. The Hall–Kier alpha value is -2.11. The molecular formula is C13H19N5O. The second-order valence-corrected chi connectivity index (χ2v) is 4.75. The molecule has 0 aliphatic rings. The highest BCUT2D eigenvalue weighted by atomic mass is 16.1. The highest BCUT2D eigenvalue weighted by molar-refractivity contribution is 5.92. The van der Waals surface area contributed by atoms with Crippen LogP contribution in [0.2, 0.25) is 0 Å². The van der Waals surface area contributed by atoms with Gasteiger partial charge in [-0.05, 0) is 26.8 Å². The molecule has 0 aromatic carbocycles.